The van der Waals surface area contributed by atoms with Gasteiger partial charge in [0.1, 0.15) is 10.6 Å². The molecule has 0 aromatic carbocycles. The zero-order valence-corrected chi connectivity index (χ0v) is 15.0. The minimum Gasteiger partial charge on any atom is -0.349 e. The molecule has 0 aliphatic rings. The van der Waals surface area contributed by atoms with Crippen molar-refractivity contribution < 1.29 is 4.79 Å². The number of hydrogen-bond donors (Lipinski definition) is 1. The third-order valence-electron chi connectivity index (χ3n) is 3.65. The van der Waals surface area contributed by atoms with E-state index in [0.717, 1.165) is 5.01 Å². The number of thiazole rings is 1. The topological polar surface area (TPSA) is 94.7 Å². The van der Waals surface area contributed by atoms with Crippen molar-refractivity contribution in [2.75, 3.05) is 6.54 Å². The molecular weight excluding hydrogens is 340 g/mol. The lowest BCUT2D eigenvalue weighted by atomic mass is 10.3. The van der Waals surface area contributed by atoms with Crippen LogP contribution >= 0.6 is 11.3 Å². The molecule has 0 fully saturated rings. The Labute approximate surface area is 148 Å². The van der Waals surface area contributed by atoms with Gasteiger partial charge in [0.05, 0.1) is 17.2 Å². The van der Waals surface area contributed by atoms with Gasteiger partial charge in [0.2, 0.25) is 0 Å². The number of aromatic nitrogens is 5. The first-order chi connectivity index (χ1) is 12.0. The molecule has 0 aliphatic carbocycles. The second-order valence-electron chi connectivity index (χ2n) is 5.51. The Balaban J connectivity index is 1.69. The van der Waals surface area contributed by atoms with E-state index in [2.05, 4.69) is 20.4 Å². The summed E-state index contributed by atoms with van der Waals surface area (Å²) in [6.45, 7) is 4.25. The standard InChI is InChI=1S/C16H18N6O2S/c1-10-13(25-11(2)19-10)15(23)18-8-9-22-16(24)21(3)14(20-22)12-6-4-5-7-17-12/h4-7H,8-9H2,1-3H3,(H,18,23). The fourth-order valence-electron chi connectivity index (χ4n) is 2.45. The number of nitrogens with one attached hydrogen (secondary N) is 1. The summed E-state index contributed by atoms with van der Waals surface area (Å²) in [6.07, 6.45) is 1.65. The molecule has 0 aliphatic heterocycles. The van der Waals surface area contributed by atoms with Crippen molar-refractivity contribution in [1.82, 2.24) is 29.6 Å². The van der Waals surface area contributed by atoms with E-state index in [1.54, 1.807) is 32.3 Å². The van der Waals surface area contributed by atoms with E-state index in [0.29, 0.717) is 28.6 Å². The van der Waals surface area contributed by atoms with Crippen LogP contribution in [0.5, 0.6) is 0 Å². The molecule has 3 aromatic rings. The highest BCUT2D eigenvalue weighted by Crippen LogP contribution is 2.16. The predicted octanol–water partition coefficient (Wildman–Crippen LogP) is 1.15. The maximum Gasteiger partial charge on any atom is 0.346 e. The highest BCUT2D eigenvalue weighted by Gasteiger charge is 2.15. The van der Waals surface area contributed by atoms with Gasteiger partial charge in [0, 0.05) is 19.8 Å². The first-order valence-corrected chi connectivity index (χ1v) is 8.56. The van der Waals surface area contributed by atoms with E-state index in [-0.39, 0.29) is 18.1 Å². The van der Waals surface area contributed by atoms with Crippen LogP contribution in [0.2, 0.25) is 0 Å². The molecule has 1 amide bonds. The summed E-state index contributed by atoms with van der Waals surface area (Å²) in [4.78, 5) is 33.5. The van der Waals surface area contributed by atoms with Crippen LogP contribution in [0, 0.1) is 13.8 Å². The van der Waals surface area contributed by atoms with E-state index in [9.17, 15) is 9.59 Å². The lowest BCUT2D eigenvalue weighted by Crippen LogP contribution is -2.31. The Morgan fingerprint density at radius 2 is 2.12 bits per heavy atom. The molecule has 130 valence electrons. The van der Waals surface area contributed by atoms with Crippen molar-refractivity contribution in [3.63, 3.8) is 0 Å². The summed E-state index contributed by atoms with van der Waals surface area (Å²) >= 11 is 1.36. The maximum absolute atomic E-state index is 12.3. The summed E-state index contributed by atoms with van der Waals surface area (Å²) in [7, 11) is 1.65. The molecule has 3 rings (SSSR count). The highest BCUT2D eigenvalue weighted by atomic mass is 32.1. The Bertz CT molecular complexity index is 957. The number of carbonyl (C=O) groups excluding carboxylic acids is 1. The molecule has 0 radical (unpaired) electrons. The number of aryl methyl sites for hydroxylation is 2. The molecule has 0 spiro atoms. The van der Waals surface area contributed by atoms with Crippen molar-refractivity contribution in [2.24, 2.45) is 7.05 Å². The molecule has 8 nitrogen and oxygen atoms in total. The van der Waals surface area contributed by atoms with E-state index in [4.69, 9.17) is 0 Å². The van der Waals surface area contributed by atoms with E-state index in [1.807, 2.05) is 13.0 Å². The monoisotopic (exact) mass is 358 g/mol. The number of rotatable bonds is 5. The molecule has 1 N–H and O–H groups in total. The smallest absolute Gasteiger partial charge is 0.346 e. The second kappa shape index (κ2) is 6.98. The van der Waals surface area contributed by atoms with Crippen LogP contribution in [0.1, 0.15) is 20.4 Å². The average Bonchev–Trinajstić information content (AvgIpc) is 3.09. The number of carbonyl (C=O) groups is 1. The molecule has 25 heavy (non-hydrogen) atoms. The SMILES string of the molecule is Cc1nc(C)c(C(=O)NCCn2nc(-c3ccccn3)n(C)c2=O)s1. The predicted molar refractivity (Wildman–Crippen MR) is 94.6 cm³/mol. The molecule has 0 unspecified atom stereocenters. The number of pyridine rings is 1. The summed E-state index contributed by atoms with van der Waals surface area (Å²) in [5.41, 5.74) is 1.09. The molecule has 3 heterocycles. The van der Waals surface area contributed by atoms with Crippen LogP contribution in [0.25, 0.3) is 11.5 Å². The van der Waals surface area contributed by atoms with Gasteiger partial charge >= 0.3 is 5.69 Å². The summed E-state index contributed by atoms with van der Waals surface area (Å²) < 4.78 is 2.77. The normalized spacial score (nSPS) is 10.8. The van der Waals surface area contributed by atoms with Gasteiger partial charge < -0.3 is 5.32 Å². The highest BCUT2D eigenvalue weighted by molar-refractivity contribution is 7.13. The minimum atomic E-state index is -0.250. The van der Waals surface area contributed by atoms with Crippen molar-refractivity contribution in [2.45, 2.75) is 20.4 Å². The van der Waals surface area contributed by atoms with E-state index < -0.39 is 0 Å². The van der Waals surface area contributed by atoms with Crippen LogP contribution in [-0.2, 0) is 13.6 Å². The largest absolute Gasteiger partial charge is 0.349 e. The lowest BCUT2D eigenvalue weighted by Gasteiger charge is -2.03. The average molecular weight is 358 g/mol. The Kier molecular flexibility index (Phi) is 4.75. The van der Waals surface area contributed by atoms with Crippen molar-refractivity contribution >= 4 is 17.2 Å². The number of hydrogen-bond acceptors (Lipinski definition) is 6. The van der Waals surface area contributed by atoms with E-state index >= 15 is 0 Å². The first kappa shape index (κ1) is 17.0. The zero-order valence-electron chi connectivity index (χ0n) is 14.2. The van der Waals surface area contributed by atoms with Crippen molar-refractivity contribution in [1.29, 1.82) is 0 Å². The van der Waals surface area contributed by atoms with Crippen LogP contribution < -0.4 is 11.0 Å². The quantitative estimate of drug-likeness (QED) is 0.738. The zero-order chi connectivity index (χ0) is 18.0. The van der Waals surface area contributed by atoms with Crippen LogP contribution in [0.4, 0.5) is 0 Å². The molecule has 0 bridgehead atoms. The molecule has 0 atom stereocenters. The van der Waals surface area contributed by atoms with Gasteiger partial charge in [0.15, 0.2) is 5.82 Å². The third-order valence-corrected chi connectivity index (χ3v) is 4.73. The third kappa shape index (κ3) is 3.50. The lowest BCUT2D eigenvalue weighted by molar-refractivity contribution is 0.0955. The van der Waals surface area contributed by atoms with Gasteiger partial charge in [-0.25, -0.2) is 14.5 Å². The summed E-state index contributed by atoms with van der Waals surface area (Å²) in [6, 6.07) is 5.44. The van der Waals surface area contributed by atoms with Gasteiger partial charge in [-0.05, 0) is 26.0 Å². The molecule has 3 aromatic heterocycles. The first-order valence-electron chi connectivity index (χ1n) is 7.75. The summed E-state index contributed by atoms with van der Waals surface area (Å²) in [5, 5.41) is 7.97. The summed E-state index contributed by atoms with van der Waals surface area (Å²) in [5.74, 6) is 0.308. The molecule has 0 saturated heterocycles. The number of nitrogens with zero attached hydrogens (tertiary/aromatic N) is 5. The van der Waals surface area contributed by atoms with Gasteiger partial charge in [-0.1, -0.05) is 6.07 Å². The molecular formula is C16H18N6O2S. The fourth-order valence-corrected chi connectivity index (χ4v) is 3.29. The second-order valence-corrected chi connectivity index (χ2v) is 6.71. The van der Waals surface area contributed by atoms with Crippen LogP contribution in [-0.4, -0.2) is 36.8 Å². The minimum absolute atomic E-state index is 0.183. The number of amides is 1. The Morgan fingerprint density at radius 1 is 1.32 bits per heavy atom. The Hall–Kier alpha value is -2.81. The Morgan fingerprint density at radius 3 is 2.76 bits per heavy atom. The van der Waals surface area contributed by atoms with Gasteiger partial charge in [-0.2, -0.15) is 0 Å². The van der Waals surface area contributed by atoms with Crippen LogP contribution in [0.3, 0.4) is 0 Å². The molecule has 0 saturated carbocycles. The fraction of sp³-hybridized carbons (Fsp3) is 0.312. The van der Waals surface area contributed by atoms with Gasteiger partial charge in [0.25, 0.3) is 5.91 Å². The van der Waals surface area contributed by atoms with Crippen molar-refractivity contribution in [3.8, 4) is 11.5 Å². The van der Waals surface area contributed by atoms with Crippen LogP contribution in [0.15, 0.2) is 29.2 Å². The maximum atomic E-state index is 12.3. The van der Waals surface area contributed by atoms with Gasteiger partial charge in [-0.3, -0.25) is 14.3 Å². The molecule has 9 heteroatoms. The van der Waals surface area contributed by atoms with Gasteiger partial charge in [-0.15, -0.1) is 16.4 Å². The van der Waals surface area contributed by atoms with E-state index in [1.165, 1.54) is 20.6 Å². The van der Waals surface area contributed by atoms with Crippen molar-refractivity contribution in [3.05, 3.63) is 50.5 Å².